The van der Waals surface area contributed by atoms with E-state index in [4.69, 9.17) is 5.26 Å². The molecule has 6 nitrogen and oxygen atoms in total. The van der Waals surface area contributed by atoms with E-state index in [0.717, 1.165) is 0 Å². The van der Waals surface area contributed by atoms with Gasteiger partial charge in [0.2, 0.25) is 5.91 Å². The maximum Gasteiger partial charge on any atom is 0.422 e. The van der Waals surface area contributed by atoms with E-state index >= 15 is 0 Å². The van der Waals surface area contributed by atoms with Gasteiger partial charge in [-0.05, 0) is 30.3 Å². The lowest BCUT2D eigenvalue weighted by atomic mass is 10.2. The Balaban J connectivity index is 1.63. The molecule has 0 aliphatic heterocycles. The average molecular weight is 418 g/mol. The van der Waals surface area contributed by atoms with Gasteiger partial charge in [-0.25, -0.2) is 4.98 Å². The molecule has 1 amide bonds. The number of ether oxygens (including phenoxy) is 1. The first-order chi connectivity index (χ1) is 13.8. The van der Waals surface area contributed by atoms with Crippen molar-refractivity contribution < 1.29 is 22.7 Å². The Labute approximate surface area is 167 Å². The number of thiazole rings is 1. The van der Waals surface area contributed by atoms with Gasteiger partial charge in [-0.15, -0.1) is 11.3 Å². The molecule has 0 saturated heterocycles. The fraction of sp³-hybridized carbons (Fsp3) is 0.158. The lowest BCUT2D eigenvalue weighted by Crippen LogP contribution is -2.19. The van der Waals surface area contributed by atoms with Crippen LogP contribution in [0.1, 0.15) is 11.3 Å². The Hall–Kier alpha value is -3.45. The van der Waals surface area contributed by atoms with Gasteiger partial charge in [0.15, 0.2) is 6.61 Å². The van der Waals surface area contributed by atoms with Crippen molar-refractivity contribution in [2.24, 2.45) is 0 Å². The quantitative estimate of drug-likeness (QED) is 0.648. The second-order valence-electron chi connectivity index (χ2n) is 5.81. The highest BCUT2D eigenvalue weighted by molar-refractivity contribution is 7.13. The Morgan fingerprint density at radius 1 is 1.28 bits per heavy atom. The Bertz CT molecular complexity index is 1050. The molecule has 0 unspecified atom stereocenters. The number of alkyl halides is 3. The van der Waals surface area contributed by atoms with Crippen LogP contribution in [0.4, 0.5) is 18.9 Å². The van der Waals surface area contributed by atoms with Crippen molar-refractivity contribution in [3.05, 3.63) is 59.2 Å². The van der Waals surface area contributed by atoms with E-state index in [1.165, 1.54) is 29.5 Å². The summed E-state index contributed by atoms with van der Waals surface area (Å²) < 4.78 is 41.4. The van der Waals surface area contributed by atoms with Crippen LogP contribution in [0.3, 0.4) is 0 Å². The molecule has 0 spiro atoms. The molecule has 3 aromatic rings. The molecule has 3 rings (SSSR count). The van der Waals surface area contributed by atoms with Crippen molar-refractivity contribution in [1.29, 1.82) is 5.26 Å². The Kier molecular flexibility index (Phi) is 6.09. The molecule has 0 aliphatic carbocycles. The van der Waals surface area contributed by atoms with Crippen molar-refractivity contribution in [1.82, 2.24) is 9.97 Å². The van der Waals surface area contributed by atoms with E-state index in [1.807, 2.05) is 12.1 Å². The summed E-state index contributed by atoms with van der Waals surface area (Å²) in [7, 11) is 0. The number of anilines is 1. The molecular weight excluding hydrogens is 405 g/mol. The van der Waals surface area contributed by atoms with E-state index in [-0.39, 0.29) is 29.3 Å². The highest BCUT2D eigenvalue weighted by atomic mass is 32.1. The smallest absolute Gasteiger partial charge is 0.422 e. The van der Waals surface area contributed by atoms with Crippen LogP contribution in [0.5, 0.6) is 5.75 Å². The number of carbonyl (C=O) groups excluding carboxylic acids is 1. The minimum Gasteiger partial charge on any atom is -0.483 e. The maximum absolute atomic E-state index is 12.3. The largest absolute Gasteiger partial charge is 0.483 e. The molecule has 29 heavy (non-hydrogen) atoms. The third-order valence-electron chi connectivity index (χ3n) is 3.55. The highest BCUT2D eigenvalue weighted by Crippen LogP contribution is 2.25. The lowest BCUT2D eigenvalue weighted by Gasteiger charge is -2.11. The zero-order valence-corrected chi connectivity index (χ0v) is 15.5. The number of halogens is 3. The number of pyridine rings is 1. The van der Waals surface area contributed by atoms with Gasteiger partial charge in [0.25, 0.3) is 0 Å². The van der Waals surface area contributed by atoms with E-state index in [2.05, 4.69) is 20.0 Å². The molecule has 0 saturated carbocycles. The molecule has 1 aromatic carbocycles. The van der Waals surface area contributed by atoms with Gasteiger partial charge < -0.3 is 10.1 Å². The van der Waals surface area contributed by atoms with Gasteiger partial charge >= 0.3 is 6.18 Å². The molecule has 2 heterocycles. The molecule has 0 radical (unpaired) electrons. The predicted molar refractivity (Wildman–Crippen MR) is 100 cm³/mol. The minimum absolute atomic E-state index is 0.00243. The molecule has 0 aliphatic rings. The third-order valence-corrected chi connectivity index (χ3v) is 4.47. The molecule has 10 heteroatoms. The predicted octanol–water partition coefficient (Wildman–Crippen LogP) is 4.20. The van der Waals surface area contributed by atoms with Gasteiger partial charge in [-0.3, -0.25) is 9.78 Å². The molecule has 148 valence electrons. The number of amides is 1. The zero-order valence-electron chi connectivity index (χ0n) is 14.7. The van der Waals surface area contributed by atoms with Crippen LogP contribution in [-0.4, -0.2) is 28.7 Å². The molecule has 0 atom stereocenters. The second-order valence-corrected chi connectivity index (χ2v) is 6.67. The fourth-order valence-electron chi connectivity index (χ4n) is 2.35. The summed E-state index contributed by atoms with van der Waals surface area (Å²) in [5, 5.41) is 14.1. The van der Waals surface area contributed by atoms with Crippen LogP contribution in [-0.2, 0) is 11.2 Å². The Morgan fingerprint density at radius 2 is 2.10 bits per heavy atom. The number of nitriles is 1. The molecular formula is C19H13F3N4O2S. The average Bonchev–Trinajstić information content (AvgIpc) is 3.15. The van der Waals surface area contributed by atoms with Gasteiger partial charge in [0, 0.05) is 17.3 Å². The first-order valence-electron chi connectivity index (χ1n) is 8.23. The summed E-state index contributed by atoms with van der Waals surface area (Å²) in [5.41, 5.74) is 1.42. The van der Waals surface area contributed by atoms with Gasteiger partial charge in [-0.2, -0.15) is 18.4 Å². The van der Waals surface area contributed by atoms with E-state index in [0.29, 0.717) is 16.4 Å². The summed E-state index contributed by atoms with van der Waals surface area (Å²) in [4.78, 5) is 20.8. The monoisotopic (exact) mass is 418 g/mol. The first kappa shape index (κ1) is 20.3. The van der Waals surface area contributed by atoms with Crippen molar-refractivity contribution in [3.63, 3.8) is 0 Å². The number of nitrogens with zero attached hydrogens (tertiary/aromatic N) is 3. The number of rotatable bonds is 6. The second kappa shape index (κ2) is 8.70. The van der Waals surface area contributed by atoms with E-state index in [9.17, 15) is 18.0 Å². The minimum atomic E-state index is -4.51. The maximum atomic E-state index is 12.3. The van der Waals surface area contributed by atoms with Crippen molar-refractivity contribution >= 4 is 22.9 Å². The van der Waals surface area contributed by atoms with Gasteiger partial charge in [0.1, 0.15) is 16.8 Å². The number of benzene rings is 1. The van der Waals surface area contributed by atoms with E-state index < -0.39 is 12.8 Å². The van der Waals surface area contributed by atoms with Crippen LogP contribution in [0.2, 0.25) is 0 Å². The van der Waals surface area contributed by atoms with Crippen molar-refractivity contribution in [2.45, 2.75) is 12.6 Å². The van der Waals surface area contributed by atoms with Crippen LogP contribution >= 0.6 is 11.3 Å². The lowest BCUT2D eigenvalue weighted by molar-refractivity contribution is -0.153. The standard InChI is InChI=1S/C19H13F3N4O2S/c20-19(21,22)11-28-16-5-4-13(7-12(16)9-23)25-17(27)8-14-10-29-18(26-14)15-3-1-2-6-24-15/h1-7,10H,8,11H2,(H,25,27). The molecule has 0 fully saturated rings. The fourth-order valence-corrected chi connectivity index (χ4v) is 3.14. The summed E-state index contributed by atoms with van der Waals surface area (Å²) in [6.45, 7) is -1.50. The zero-order chi connectivity index (χ0) is 20.9. The molecule has 0 bridgehead atoms. The topological polar surface area (TPSA) is 87.9 Å². The van der Waals surface area contributed by atoms with Crippen molar-refractivity contribution in [2.75, 3.05) is 11.9 Å². The van der Waals surface area contributed by atoms with Crippen LogP contribution in [0.15, 0.2) is 48.0 Å². The number of hydrogen-bond donors (Lipinski definition) is 1. The normalized spacial score (nSPS) is 11.0. The van der Waals surface area contributed by atoms with E-state index in [1.54, 1.807) is 23.7 Å². The van der Waals surface area contributed by atoms with Gasteiger partial charge in [0.05, 0.1) is 23.4 Å². The number of carbonyl (C=O) groups is 1. The molecule has 2 aromatic heterocycles. The summed E-state index contributed by atoms with van der Waals surface area (Å²) in [6, 6.07) is 11.0. The third kappa shape index (κ3) is 5.76. The SMILES string of the molecule is N#Cc1cc(NC(=O)Cc2csc(-c3ccccn3)n2)ccc1OCC(F)(F)F. The number of aromatic nitrogens is 2. The van der Waals surface area contributed by atoms with Crippen molar-refractivity contribution in [3.8, 4) is 22.5 Å². The number of nitrogens with one attached hydrogen (secondary N) is 1. The first-order valence-corrected chi connectivity index (χ1v) is 9.11. The van der Waals surface area contributed by atoms with Gasteiger partial charge in [-0.1, -0.05) is 6.07 Å². The molecule has 1 N–H and O–H groups in total. The summed E-state index contributed by atoms with van der Waals surface area (Å²) in [6.07, 6.45) is -2.86. The summed E-state index contributed by atoms with van der Waals surface area (Å²) in [5.74, 6) is -0.585. The number of hydrogen-bond acceptors (Lipinski definition) is 6. The van der Waals surface area contributed by atoms with Crippen LogP contribution in [0.25, 0.3) is 10.7 Å². The summed E-state index contributed by atoms with van der Waals surface area (Å²) >= 11 is 1.36. The highest BCUT2D eigenvalue weighted by Gasteiger charge is 2.28. The van der Waals surface area contributed by atoms with Crippen LogP contribution in [0, 0.1) is 11.3 Å². The Morgan fingerprint density at radius 3 is 2.79 bits per heavy atom. The van der Waals surface area contributed by atoms with Crippen LogP contribution < -0.4 is 10.1 Å².